The lowest BCUT2D eigenvalue weighted by molar-refractivity contribution is 0.632. The van der Waals surface area contributed by atoms with Crippen molar-refractivity contribution in [3.8, 4) is 22.3 Å². The Hall–Kier alpha value is -6.90. The minimum absolute atomic E-state index is 0.459. The predicted octanol–water partition coefficient (Wildman–Crippen LogP) is 11.9. The number of nitrogens with one attached hydrogen (secondary N) is 1. The van der Waals surface area contributed by atoms with Crippen molar-refractivity contribution < 1.29 is 0 Å². The molecular weight excluding hydrogens is 653 g/mol. The smallest absolute Gasteiger partial charge is 0.0726 e. The molecule has 3 aliphatic rings. The molecule has 0 saturated heterocycles. The number of nitrogens with zero attached hydrogens (tertiary/aromatic N) is 1. The lowest BCUT2D eigenvalue weighted by atomic mass is 9.51. The quantitative estimate of drug-likeness (QED) is 0.179. The summed E-state index contributed by atoms with van der Waals surface area (Å²) < 4.78 is 0. The molecule has 2 heteroatoms. The number of benzene rings is 8. The molecule has 0 radical (unpaired) electrons. The summed E-state index contributed by atoms with van der Waals surface area (Å²) >= 11 is 0. The van der Waals surface area contributed by atoms with E-state index in [1.54, 1.807) is 0 Å². The summed E-state index contributed by atoms with van der Waals surface area (Å²) in [6.45, 7) is 0. The van der Waals surface area contributed by atoms with Crippen LogP contribution in [0, 0.1) is 5.41 Å². The molecule has 0 saturated carbocycles. The van der Waals surface area contributed by atoms with E-state index in [1.165, 1.54) is 66.8 Å². The molecular formula is C52H34N2. The maximum Gasteiger partial charge on any atom is 0.0726 e. The molecule has 0 heterocycles. The van der Waals surface area contributed by atoms with Gasteiger partial charge in [-0.2, -0.15) is 0 Å². The second kappa shape index (κ2) is 11.6. The summed E-state index contributed by atoms with van der Waals surface area (Å²) in [6.07, 6.45) is 2.07. The van der Waals surface area contributed by atoms with Gasteiger partial charge in [-0.05, 0) is 78.4 Å². The molecule has 8 aromatic carbocycles. The Bertz CT molecular complexity index is 2770. The molecule has 0 aliphatic heterocycles. The number of rotatable bonds is 4. The second-order valence-electron chi connectivity index (χ2n) is 14.5. The van der Waals surface area contributed by atoms with Crippen molar-refractivity contribution in [1.82, 2.24) is 0 Å². The molecule has 0 unspecified atom stereocenters. The van der Waals surface area contributed by atoms with E-state index in [0.717, 1.165) is 22.4 Å². The minimum Gasteiger partial charge on any atom is -0.300 e. The highest BCUT2D eigenvalue weighted by atomic mass is 14.7. The molecule has 0 fully saturated rings. The maximum absolute atomic E-state index is 9.19. The molecule has 8 aromatic rings. The Labute approximate surface area is 315 Å². The highest BCUT2D eigenvalue weighted by molar-refractivity contribution is 6.14. The van der Waals surface area contributed by atoms with E-state index in [4.69, 9.17) is 4.99 Å². The van der Waals surface area contributed by atoms with Gasteiger partial charge in [0.1, 0.15) is 0 Å². The van der Waals surface area contributed by atoms with Crippen molar-refractivity contribution in [3.63, 3.8) is 0 Å². The Morgan fingerprint density at radius 1 is 0.389 bits per heavy atom. The van der Waals surface area contributed by atoms with Gasteiger partial charge in [0.05, 0.1) is 22.2 Å². The van der Waals surface area contributed by atoms with Crippen molar-refractivity contribution in [2.24, 2.45) is 4.99 Å². The molecule has 2 spiro atoms. The number of hydrogen-bond acceptors (Lipinski definition) is 2. The average Bonchev–Trinajstić information content (AvgIpc) is 3.71. The standard InChI is InChI=1S/C52H34N2/c53-50(34-17-2-1-3-18-34)40-24-8-15-32-48(40)54-33-35-19-16-31-47-49(35)52(43-27-11-6-22-38(43)39-23-7-12-28-44(39)52)46-30-14-13-29-45(46)51(47)41-25-9-4-20-36(41)37-21-5-10-26-42(37)51/h1-33,53H. The van der Waals surface area contributed by atoms with Crippen molar-refractivity contribution in [2.45, 2.75) is 10.8 Å². The molecule has 11 rings (SSSR count). The van der Waals surface area contributed by atoms with Crippen LogP contribution in [-0.4, -0.2) is 11.9 Å². The van der Waals surface area contributed by atoms with Crippen LogP contribution in [0.1, 0.15) is 61.2 Å². The van der Waals surface area contributed by atoms with E-state index in [-0.39, 0.29) is 0 Å². The lowest BCUT2D eigenvalue weighted by Gasteiger charge is -2.49. The van der Waals surface area contributed by atoms with Gasteiger partial charge in [0.15, 0.2) is 0 Å². The number of aliphatic imine (C=N–C) groups is 1. The van der Waals surface area contributed by atoms with E-state index >= 15 is 0 Å². The zero-order valence-corrected chi connectivity index (χ0v) is 29.5. The predicted molar refractivity (Wildman–Crippen MR) is 221 cm³/mol. The first kappa shape index (κ1) is 30.7. The maximum atomic E-state index is 9.19. The second-order valence-corrected chi connectivity index (χ2v) is 14.5. The van der Waals surface area contributed by atoms with Crippen LogP contribution in [0.5, 0.6) is 0 Å². The first-order chi connectivity index (χ1) is 26.7. The first-order valence-corrected chi connectivity index (χ1v) is 18.6. The molecule has 54 heavy (non-hydrogen) atoms. The van der Waals surface area contributed by atoms with E-state index in [0.29, 0.717) is 5.71 Å². The summed E-state index contributed by atoms with van der Waals surface area (Å²) in [6, 6.07) is 70.0. The summed E-state index contributed by atoms with van der Waals surface area (Å²) in [5.41, 5.74) is 18.3. The van der Waals surface area contributed by atoms with Crippen LogP contribution in [-0.2, 0) is 10.8 Å². The van der Waals surface area contributed by atoms with Gasteiger partial charge < -0.3 is 0 Å². The molecule has 2 nitrogen and oxygen atoms in total. The SMILES string of the molecule is N=C(c1ccccc1)c1ccccc1N=Cc1cccc2c1C1(c3ccccc3-c3ccccc31)c1ccccc1C21c2ccccc2-c2ccccc21. The fourth-order valence-electron chi connectivity index (χ4n) is 10.1. The third kappa shape index (κ3) is 3.89. The Morgan fingerprint density at radius 3 is 1.39 bits per heavy atom. The van der Waals surface area contributed by atoms with E-state index in [9.17, 15) is 5.41 Å². The topological polar surface area (TPSA) is 36.2 Å². The van der Waals surface area contributed by atoms with Crippen LogP contribution < -0.4 is 0 Å². The van der Waals surface area contributed by atoms with Gasteiger partial charge in [-0.1, -0.05) is 188 Å². The van der Waals surface area contributed by atoms with Crippen LogP contribution in [0.15, 0.2) is 199 Å². The fraction of sp³-hybridized carbons (Fsp3) is 0.0385. The molecule has 3 aliphatic carbocycles. The molecule has 1 N–H and O–H groups in total. The van der Waals surface area contributed by atoms with Crippen LogP contribution in [0.2, 0.25) is 0 Å². The number of para-hydroxylation sites is 1. The van der Waals surface area contributed by atoms with Crippen LogP contribution in [0.3, 0.4) is 0 Å². The Kier molecular flexibility index (Phi) is 6.57. The van der Waals surface area contributed by atoms with Crippen molar-refractivity contribution in [1.29, 1.82) is 5.41 Å². The lowest BCUT2D eigenvalue weighted by Crippen LogP contribution is -2.44. The van der Waals surface area contributed by atoms with Crippen molar-refractivity contribution in [2.75, 3.05) is 0 Å². The first-order valence-electron chi connectivity index (χ1n) is 18.6. The normalized spacial score (nSPS) is 14.6. The van der Waals surface area contributed by atoms with Crippen LogP contribution >= 0.6 is 0 Å². The average molecular weight is 687 g/mol. The largest absolute Gasteiger partial charge is 0.300 e. The zero-order valence-electron chi connectivity index (χ0n) is 29.5. The monoisotopic (exact) mass is 686 g/mol. The minimum atomic E-state index is -0.601. The Balaban J connectivity index is 1.26. The van der Waals surface area contributed by atoms with Gasteiger partial charge in [-0.25, -0.2) is 0 Å². The summed E-state index contributed by atoms with van der Waals surface area (Å²) in [7, 11) is 0. The van der Waals surface area contributed by atoms with E-state index in [1.807, 2.05) is 54.6 Å². The third-order valence-corrected chi connectivity index (χ3v) is 12.1. The summed E-state index contributed by atoms with van der Waals surface area (Å²) in [4.78, 5) is 5.29. The van der Waals surface area contributed by atoms with E-state index < -0.39 is 10.8 Å². The van der Waals surface area contributed by atoms with E-state index in [2.05, 4.69) is 146 Å². The van der Waals surface area contributed by atoms with Crippen LogP contribution in [0.25, 0.3) is 22.3 Å². The zero-order chi connectivity index (χ0) is 35.9. The Morgan fingerprint density at radius 2 is 0.815 bits per heavy atom. The summed E-state index contributed by atoms with van der Waals surface area (Å²) in [5.74, 6) is 0. The fourth-order valence-corrected chi connectivity index (χ4v) is 10.1. The van der Waals surface area contributed by atoms with Gasteiger partial charge in [-0.3, -0.25) is 10.4 Å². The molecule has 252 valence electrons. The number of fused-ring (bicyclic) bond motifs is 16. The third-order valence-electron chi connectivity index (χ3n) is 12.1. The van der Waals surface area contributed by atoms with Gasteiger partial charge >= 0.3 is 0 Å². The van der Waals surface area contributed by atoms with Gasteiger partial charge in [0, 0.05) is 17.3 Å². The van der Waals surface area contributed by atoms with Crippen LogP contribution in [0.4, 0.5) is 5.69 Å². The van der Waals surface area contributed by atoms with Gasteiger partial charge in [0.2, 0.25) is 0 Å². The van der Waals surface area contributed by atoms with Crippen molar-refractivity contribution >= 4 is 17.6 Å². The highest BCUT2D eigenvalue weighted by Gasteiger charge is 2.59. The molecule has 0 atom stereocenters. The van der Waals surface area contributed by atoms with Gasteiger partial charge in [0.25, 0.3) is 0 Å². The van der Waals surface area contributed by atoms with Crippen molar-refractivity contribution in [3.05, 3.63) is 255 Å². The van der Waals surface area contributed by atoms with Gasteiger partial charge in [-0.15, -0.1) is 0 Å². The summed E-state index contributed by atoms with van der Waals surface area (Å²) in [5, 5.41) is 9.19. The molecule has 0 aromatic heterocycles. The highest BCUT2D eigenvalue weighted by Crippen LogP contribution is 2.67. The number of hydrogen-bond donors (Lipinski definition) is 1. The molecule has 0 amide bonds. The molecule has 0 bridgehead atoms.